The van der Waals surface area contributed by atoms with Gasteiger partial charge in [0.2, 0.25) is 5.91 Å². The van der Waals surface area contributed by atoms with Gasteiger partial charge in [-0.15, -0.1) is 0 Å². The van der Waals surface area contributed by atoms with Crippen molar-refractivity contribution in [2.45, 2.75) is 251 Å². The number of esters is 1. The molecule has 0 aromatic heterocycles. The number of allylic oxidation sites excluding steroid dienone is 9. The Kier molecular flexibility index (Phi) is 45.8. The molecule has 0 saturated heterocycles. The summed E-state index contributed by atoms with van der Waals surface area (Å²) >= 11 is 0. The normalized spacial score (nSPS) is 14.3. The van der Waals surface area contributed by atoms with E-state index in [1.807, 2.05) is 33.3 Å². The maximum atomic E-state index is 13.4. The lowest BCUT2D eigenvalue weighted by molar-refractivity contribution is -0.870. The van der Waals surface area contributed by atoms with Crippen molar-refractivity contribution in [2.75, 3.05) is 40.9 Å². The summed E-state index contributed by atoms with van der Waals surface area (Å²) in [6, 6.07) is -0.914. The zero-order valence-electron chi connectivity index (χ0n) is 44.3. The zero-order valence-corrected chi connectivity index (χ0v) is 45.2. The lowest BCUT2D eigenvalue weighted by atomic mass is 10.0. The van der Waals surface area contributed by atoms with Crippen molar-refractivity contribution < 1.29 is 37.3 Å². The van der Waals surface area contributed by atoms with Crippen LogP contribution in [-0.4, -0.2) is 69.4 Å². The zero-order chi connectivity index (χ0) is 49.4. The van der Waals surface area contributed by atoms with Gasteiger partial charge >= 0.3 is 5.97 Å². The molecule has 0 rings (SSSR count). The van der Waals surface area contributed by atoms with E-state index in [-0.39, 0.29) is 31.3 Å². The molecule has 390 valence electrons. The van der Waals surface area contributed by atoms with Crippen molar-refractivity contribution in [3.63, 3.8) is 0 Å². The second-order valence-electron chi connectivity index (χ2n) is 19.7. The highest BCUT2D eigenvalue weighted by atomic mass is 31.2. The van der Waals surface area contributed by atoms with Crippen molar-refractivity contribution in [1.82, 2.24) is 5.32 Å². The predicted molar refractivity (Wildman–Crippen MR) is 284 cm³/mol. The summed E-state index contributed by atoms with van der Waals surface area (Å²) in [6.45, 7) is 6.75. The van der Waals surface area contributed by atoms with Gasteiger partial charge in [0.25, 0.3) is 7.82 Å². The van der Waals surface area contributed by atoms with Crippen LogP contribution in [-0.2, 0) is 27.9 Å². The fourth-order valence-electron chi connectivity index (χ4n) is 7.63. The van der Waals surface area contributed by atoms with Crippen LogP contribution in [0.1, 0.15) is 239 Å². The summed E-state index contributed by atoms with van der Waals surface area (Å²) in [4.78, 5) is 39.7. The molecule has 0 fully saturated rings. The number of ether oxygens (including phenoxy) is 1. The van der Waals surface area contributed by atoms with Crippen molar-refractivity contribution in [3.8, 4) is 0 Å². The summed E-state index contributed by atoms with van der Waals surface area (Å²) in [5.41, 5.74) is 0. The van der Waals surface area contributed by atoms with Gasteiger partial charge in [-0.3, -0.25) is 14.2 Å². The lowest BCUT2D eigenvalue weighted by Gasteiger charge is -2.30. The van der Waals surface area contributed by atoms with Gasteiger partial charge in [0.1, 0.15) is 19.3 Å². The average molecular weight is 961 g/mol. The molecule has 0 aliphatic heterocycles. The maximum Gasteiger partial charge on any atom is 0.306 e. The van der Waals surface area contributed by atoms with E-state index >= 15 is 0 Å². The third-order valence-electron chi connectivity index (χ3n) is 12.0. The quantitative estimate of drug-likeness (QED) is 0.0212. The van der Waals surface area contributed by atoms with E-state index in [9.17, 15) is 19.0 Å². The van der Waals surface area contributed by atoms with E-state index < -0.39 is 26.6 Å². The van der Waals surface area contributed by atoms with Gasteiger partial charge in [-0.1, -0.05) is 217 Å². The minimum absolute atomic E-state index is 0.0328. The smallest absolute Gasteiger partial charge is 0.306 e. The molecule has 0 saturated carbocycles. The highest BCUT2D eigenvalue weighted by Gasteiger charge is 2.27. The van der Waals surface area contributed by atoms with Crippen LogP contribution in [0.4, 0.5) is 0 Å². The number of rotatable bonds is 49. The molecule has 0 aromatic carbocycles. The third kappa shape index (κ3) is 48.5. The average Bonchev–Trinajstić information content (AvgIpc) is 3.28. The Hall–Kier alpha value is -2.29. The number of phosphoric acid groups is 1. The van der Waals surface area contributed by atoms with Crippen LogP contribution in [0.25, 0.3) is 0 Å². The summed E-state index contributed by atoms with van der Waals surface area (Å²) in [7, 11) is 1.15. The molecule has 67 heavy (non-hydrogen) atoms. The van der Waals surface area contributed by atoms with Gasteiger partial charge in [-0.05, 0) is 70.3 Å². The number of quaternary nitrogens is 1. The van der Waals surface area contributed by atoms with E-state index in [1.165, 1.54) is 135 Å². The first kappa shape index (κ1) is 64.7. The van der Waals surface area contributed by atoms with Crippen molar-refractivity contribution in [3.05, 3.63) is 60.8 Å². The summed E-state index contributed by atoms with van der Waals surface area (Å²) < 4.78 is 30.1. The molecule has 0 aliphatic rings. The molecule has 3 atom stereocenters. The Balaban J connectivity index is 5.45. The topological polar surface area (TPSA) is 114 Å². The first-order chi connectivity index (χ1) is 32.4. The lowest BCUT2D eigenvalue weighted by Crippen LogP contribution is -2.47. The van der Waals surface area contributed by atoms with Crippen molar-refractivity contribution >= 4 is 19.7 Å². The number of hydrogen-bond acceptors (Lipinski definition) is 7. The van der Waals surface area contributed by atoms with Crippen molar-refractivity contribution in [1.29, 1.82) is 0 Å². The number of nitrogens with one attached hydrogen (secondary N) is 1. The summed E-state index contributed by atoms with van der Waals surface area (Å²) in [5.74, 6) is -0.605. The standard InChI is InChI=1S/C57H105N2O7P/c1-7-10-13-16-19-22-25-27-28-29-30-32-34-37-40-43-46-49-56(60)58-54(53-65-67(62,63)64-52-51-59(4,5)6)55(48-45-42-39-36-33-24-21-18-15-12-9-3)66-57(61)50-47-44-41-38-35-31-26-23-20-17-14-11-8-2/h19,22,27-28,30,32,37,40,45,48,54-55H,7-18,20-21,23-26,29,31,33-36,38-39,41-44,46-47,49-53H2,1-6H3,(H-,58,60,62,63)/b22-19-,28-27-,32-30-,40-37-,48-45+. The number of unbranched alkanes of at least 4 members (excludes halogenated alkanes) is 25. The Bertz CT molecular complexity index is 1340. The molecule has 3 unspecified atom stereocenters. The van der Waals surface area contributed by atoms with Crippen LogP contribution in [0, 0.1) is 0 Å². The van der Waals surface area contributed by atoms with Crippen LogP contribution >= 0.6 is 7.82 Å². The van der Waals surface area contributed by atoms with Crippen LogP contribution in [0.3, 0.4) is 0 Å². The molecular weight excluding hydrogens is 856 g/mol. The van der Waals surface area contributed by atoms with E-state index in [0.717, 1.165) is 64.2 Å². The van der Waals surface area contributed by atoms with E-state index in [1.54, 1.807) is 0 Å². The Morgan fingerprint density at radius 1 is 0.522 bits per heavy atom. The SMILES string of the molecule is CCCCC/C=C\C/C=C\C/C=C\C/C=C\CCCC(=O)NC(COP(=O)([O-])OCC[N+](C)(C)C)C(/C=C/CCCCCCCCCCC)OC(=O)CCCCCCCCCCCCCCC. The Morgan fingerprint density at radius 2 is 0.925 bits per heavy atom. The van der Waals surface area contributed by atoms with Gasteiger partial charge in [0.15, 0.2) is 0 Å². The van der Waals surface area contributed by atoms with Gasteiger partial charge in [0.05, 0.1) is 33.8 Å². The van der Waals surface area contributed by atoms with E-state index in [0.29, 0.717) is 17.4 Å². The molecule has 10 heteroatoms. The molecule has 9 nitrogen and oxygen atoms in total. The molecule has 1 amide bonds. The highest BCUT2D eigenvalue weighted by Crippen LogP contribution is 2.38. The van der Waals surface area contributed by atoms with Crippen LogP contribution in [0.15, 0.2) is 60.8 Å². The molecule has 0 bridgehead atoms. The molecule has 0 spiro atoms. The second kappa shape index (κ2) is 47.4. The number of amides is 1. The predicted octanol–water partition coefficient (Wildman–Crippen LogP) is 15.7. The molecule has 0 heterocycles. The maximum absolute atomic E-state index is 13.4. The second-order valence-corrected chi connectivity index (χ2v) is 21.1. The van der Waals surface area contributed by atoms with E-state index in [2.05, 4.69) is 74.7 Å². The molecule has 0 radical (unpaired) electrons. The Labute approximate surface area is 413 Å². The fraction of sp³-hybridized carbons (Fsp3) is 0.789. The van der Waals surface area contributed by atoms with Crippen LogP contribution in [0.5, 0.6) is 0 Å². The van der Waals surface area contributed by atoms with Gasteiger partial charge in [-0.2, -0.15) is 0 Å². The van der Waals surface area contributed by atoms with Gasteiger partial charge < -0.3 is 28.5 Å². The van der Waals surface area contributed by atoms with Crippen LogP contribution < -0.4 is 10.2 Å². The number of carbonyl (C=O) groups excluding carboxylic acids is 2. The molecule has 1 N–H and O–H groups in total. The summed E-state index contributed by atoms with van der Waals surface area (Å²) in [5, 5.41) is 2.98. The minimum atomic E-state index is -4.70. The third-order valence-corrected chi connectivity index (χ3v) is 12.9. The largest absolute Gasteiger partial charge is 0.756 e. The monoisotopic (exact) mass is 961 g/mol. The number of hydrogen-bond donors (Lipinski definition) is 1. The minimum Gasteiger partial charge on any atom is -0.756 e. The molecular formula is C57H105N2O7P. The molecule has 0 aliphatic carbocycles. The van der Waals surface area contributed by atoms with Gasteiger partial charge in [0, 0.05) is 12.8 Å². The van der Waals surface area contributed by atoms with E-state index in [4.69, 9.17) is 13.8 Å². The number of likely N-dealkylation sites (N-methyl/N-ethyl adjacent to an activating group) is 1. The fourth-order valence-corrected chi connectivity index (χ4v) is 8.35. The Morgan fingerprint density at radius 3 is 1.42 bits per heavy atom. The van der Waals surface area contributed by atoms with Crippen molar-refractivity contribution in [2.24, 2.45) is 0 Å². The van der Waals surface area contributed by atoms with Crippen LogP contribution in [0.2, 0.25) is 0 Å². The number of phosphoric ester groups is 1. The molecule has 0 aromatic rings. The first-order valence-corrected chi connectivity index (χ1v) is 29.1. The number of carbonyl (C=O) groups is 2. The first-order valence-electron chi connectivity index (χ1n) is 27.6. The summed E-state index contributed by atoms with van der Waals surface area (Å²) in [6.07, 6.45) is 57.6. The number of nitrogens with zero attached hydrogens (tertiary/aromatic N) is 1. The highest BCUT2D eigenvalue weighted by molar-refractivity contribution is 7.45. The van der Waals surface area contributed by atoms with Gasteiger partial charge in [-0.25, -0.2) is 0 Å².